The summed E-state index contributed by atoms with van der Waals surface area (Å²) in [4.78, 5) is 14.0. The van der Waals surface area contributed by atoms with Gasteiger partial charge in [-0.25, -0.2) is 9.18 Å². The minimum atomic E-state index is -0.875. The molecule has 2 aromatic rings. The summed E-state index contributed by atoms with van der Waals surface area (Å²) in [6, 6.07) is 9.10. The molecule has 0 fully saturated rings. The predicted molar refractivity (Wildman–Crippen MR) is 93.6 cm³/mol. The highest BCUT2D eigenvalue weighted by atomic mass is 19.1. The van der Waals surface area contributed by atoms with Crippen molar-refractivity contribution in [3.05, 3.63) is 58.9 Å². The molecule has 1 heterocycles. The van der Waals surface area contributed by atoms with E-state index in [1.165, 1.54) is 24.1 Å². The number of hydrogen-bond acceptors (Lipinski definition) is 4. The number of aliphatic hydroxyl groups excluding tert-OH is 1. The maximum atomic E-state index is 12.9. The van der Waals surface area contributed by atoms with Crippen LogP contribution in [0.1, 0.15) is 22.8 Å². The van der Waals surface area contributed by atoms with Crippen molar-refractivity contribution < 1.29 is 23.8 Å². The zero-order valence-electron chi connectivity index (χ0n) is 14.7. The average molecular weight is 360 g/mol. The number of hydrogen-bond donors (Lipinski definition) is 2. The molecule has 0 saturated heterocycles. The van der Waals surface area contributed by atoms with E-state index in [1.807, 2.05) is 0 Å². The number of carbonyl (C=O) groups is 1. The van der Waals surface area contributed by atoms with Gasteiger partial charge in [0.05, 0.1) is 27.3 Å². The van der Waals surface area contributed by atoms with Crippen molar-refractivity contribution in [3.8, 4) is 11.5 Å². The molecule has 0 bridgehead atoms. The topological polar surface area (TPSA) is 71.0 Å². The summed E-state index contributed by atoms with van der Waals surface area (Å²) in [5.41, 5.74) is 2.16. The van der Waals surface area contributed by atoms with Gasteiger partial charge in [-0.15, -0.1) is 0 Å². The third-order valence-electron chi connectivity index (χ3n) is 4.43. The Bertz CT molecular complexity index is 795. The maximum absolute atomic E-state index is 12.9. The molecule has 2 aromatic carbocycles. The standard InChI is InChI=1S/C19H21FN2O4/c1-25-16-7-8-17(26-2)18-14(16)10-22(11-15(18)23)19(24)21-9-12-3-5-13(20)6-4-12/h3-8,15,23H,9-11H2,1-2H3,(H,21,24)/t15-/m1/s1. The molecule has 138 valence electrons. The van der Waals surface area contributed by atoms with Crippen LogP contribution in [0.15, 0.2) is 36.4 Å². The summed E-state index contributed by atoms with van der Waals surface area (Å²) >= 11 is 0. The van der Waals surface area contributed by atoms with Crippen LogP contribution in [0.3, 0.4) is 0 Å². The van der Waals surface area contributed by atoms with E-state index in [9.17, 15) is 14.3 Å². The molecule has 3 rings (SSSR count). The third-order valence-corrected chi connectivity index (χ3v) is 4.43. The van der Waals surface area contributed by atoms with Crippen LogP contribution in [0.25, 0.3) is 0 Å². The molecule has 26 heavy (non-hydrogen) atoms. The molecule has 6 nitrogen and oxygen atoms in total. The van der Waals surface area contributed by atoms with E-state index in [0.29, 0.717) is 23.6 Å². The van der Waals surface area contributed by atoms with E-state index >= 15 is 0 Å². The van der Waals surface area contributed by atoms with Crippen molar-refractivity contribution >= 4 is 6.03 Å². The lowest BCUT2D eigenvalue weighted by atomic mass is 9.95. The van der Waals surface area contributed by atoms with Crippen LogP contribution in [0.5, 0.6) is 11.5 Å². The van der Waals surface area contributed by atoms with E-state index in [0.717, 1.165) is 11.1 Å². The van der Waals surface area contributed by atoms with E-state index in [2.05, 4.69) is 5.32 Å². The molecule has 0 aliphatic carbocycles. The molecule has 0 unspecified atom stereocenters. The fourth-order valence-corrected chi connectivity index (χ4v) is 3.12. The van der Waals surface area contributed by atoms with Crippen LogP contribution in [-0.2, 0) is 13.1 Å². The van der Waals surface area contributed by atoms with Gasteiger partial charge in [0.2, 0.25) is 0 Å². The Morgan fingerprint density at radius 2 is 1.85 bits per heavy atom. The summed E-state index contributed by atoms with van der Waals surface area (Å²) in [5, 5.41) is 13.3. The van der Waals surface area contributed by atoms with Crippen LogP contribution in [-0.4, -0.2) is 36.8 Å². The number of carbonyl (C=O) groups excluding carboxylic acids is 1. The number of amides is 2. The Hall–Kier alpha value is -2.80. The monoisotopic (exact) mass is 360 g/mol. The van der Waals surface area contributed by atoms with Gasteiger partial charge < -0.3 is 24.8 Å². The molecular weight excluding hydrogens is 339 g/mol. The van der Waals surface area contributed by atoms with Gasteiger partial charge in [-0.1, -0.05) is 12.1 Å². The number of halogens is 1. The van der Waals surface area contributed by atoms with E-state index in [1.54, 1.807) is 31.4 Å². The highest BCUT2D eigenvalue weighted by Crippen LogP contribution is 2.39. The lowest BCUT2D eigenvalue weighted by Crippen LogP contribution is -2.44. The van der Waals surface area contributed by atoms with E-state index < -0.39 is 6.10 Å². The zero-order valence-corrected chi connectivity index (χ0v) is 14.7. The van der Waals surface area contributed by atoms with Crippen LogP contribution in [0.2, 0.25) is 0 Å². The number of nitrogens with one attached hydrogen (secondary N) is 1. The fraction of sp³-hybridized carbons (Fsp3) is 0.316. The Kier molecular flexibility index (Phi) is 5.27. The van der Waals surface area contributed by atoms with Gasteiger partial charge in [-0.2, -0.15) is 0 Å². The van der Waals surface area contributed by atoms with Crippen molar-refractivity contribution in [3.63, 3.8) is 0 Å². The summed E-state index contributed by atoms with van der Waals surface area (Å²) in [6.45, 7) is 0.710. The normalized spacial score (nSPS) is 16.0. The molecule has 1 aliphatic rings. The maximum Gasteiger partial charge on any atom is 0.318 e. The number of urea groups is 1. The van der Waals surface area contributed by atoms with Crippen molar-refractivity contribution in [2.45, 2.75) is 19.2 Å². The zero-order chi connectivity index (χ0) is 18.7. The van der Waals surface area contributed by atoms with Crippen LogP contribution < -0.4 is 14.8 Å². The highest BCUT2D eigenvalue weighted by Gasteiger charge is 2.31. The second kappa shape index (κ2) is 7.61. The minimum absolute atomic E-state index is 0.145. The fourth-order valence-electron chi connectivity index (χ4n) is 3.12. The third kappa shape index (κ3) is 3.57. The first-order valence-corrected chi connectivity index (χ1v) is 8.22. The molecule has 7 heteroatoms. The second-order valence-corrected chi connectivity index (χ2v) is 6.04. The summed E-state index contributed by atoms with van der Waals surface area (Å²) in [7, 11) is 3.08. The van der Waals surface area contributed by atoms with E-state index in [-0.39, 0.29) is 24.9 Å². The summed E-state index contributed by atoms with van der Waals surface area (Å²) < 4.78 is 23.6. The van der Waals surface area contributed by atoms with Gasteiger partial charge in [0.25, 0.3) is 0 Å². The van der Waals surface area contributed by atoms with Gasteiger partial charge in [0.15, 0.2) is 0 Å². The van der Waals surface area contributed by atoms with Gasteiger partial charge in [-0.3, -0.25) is 0 Å². The van der Waals surface area contributed by atoms with Gasteiger partial charge in [0, 0.05) is 17.7 Å². The van der Waals surface area contributed by atoms with Crippen LogP contribution in [0.4, 0.5) is 9.18 Å². The van der Waals surface area contributed by atoms with Crippen molar-refractivity contribution in [2.75, 3.05) is 20.8 Å². The minimum Gasteiger partial charge on any atom is -0.496 e. The van der Waals surface area contributed by atoms with Crippen molar-refractivity contribution in [1.82, 2.24) is 10.2 Å². The molecule has 2 amide bonds. The largest absolute Gasteiger partial charge is 0.496 e. The summed E-state index contributed by atoms with van der Waals surface area (Å²) in [5.74, 6) is 0.840. The van der Waals surface area contributed by atoms with Gasteiger partial charge >= 0.3 is 6.03 Å². The predicted octanol–water partition coefficient (Wildman–Crippen LogP) is 2.60. The van der Waals surface area contributed by atoms with Crippen LogP contribution in [0, 0.1) is 5.82 Å². The van der Waals surface area contributed by atoms with Crippen molar-refractivity contribution in [1.29, 1.82) is 0 Å². The lowest BCUT2D eigenvalue weighted by molar-refractivity contribution is 0.100. The molecule has 1 aliphatic heterocycles. The number of nitrogens with zero attached hydrogens (tertiary/aromatic N) is 1. The lowest BCUT2D eigenvalue weighted by Gasteiger charge is -2.34. The molecule has 0 spiro atoms. The molecular formula is C19H21FN2O4. The Labute approximate surface area is 151 Å². The number of methoxy groups -OCH3 is 2. The first-order chi connectivity index (χ1) is 12.5. The van der Waals surface area contributed by atoms with Gasteiger partial charge in [-0.05, 0) is 29.8 Å². The van der Waals surface area contributed by atoms with Crippen molar-refractivity contribution in [2.24, 2.45) is 0 Å². The second-order valence-electron chi connectivity index (χ2n) is 6.04. The molecule has 0 saturated carbocycles. The Morgan fingerprint density at radius 3 is 2.50 bits per heavy atom. The van der Waals surface area contributed by atoms with E-state index in [4.69, 9.17) is 9.47 Å². The number of ether oxygens (including phenoxy) is 2. The quantitative estimate of drug-likeness (QED) is 0.879. The number of aliphatic hydroxyl groups is 1. The SMILES string of the molecule is COc1ccc(OC)c2c1CN(C(=O)NCc1ccc(F)cc1)C[C@H]2O. The average Bonchev–Trinajstić information content (AvgIpc) is 2.66. The first-order valence-electron chi connectivity index (χ1n) is 8.22. The number of benzene rings is 2. The number of β-amino-alcohol motifs (C(OH)–C–C–N with tert-alkyl or cyclic N) is 1. The molecule has 1 atom stereocenters. The Morgan fingerprint density at radius 1 is 1.19 bits per heavy atom. The van der Waals surface area contributed by atoms with Gasteiger partial charge in [0.1, 0.15) is 23.4 Å². The Balaban J connectivity index is 1.75. The first kappa shape index (κ1) is 18.0. The molecule has 0 radical (unpaired) electrons. The number of rotatable bonds is 4. The molecule has 0 aromatic heterocycles. The van der Waals surface area contributed by atoms with Crippen LogP contribution >= 0.6 is 0 Å². The smallest absolute Gasteiger partial charge is 0.318 e. The summed E-state index contributed by atoms with van der Waals surface area (Å²) in [6.07, 6.45) is -0.875. The highest BCUT2D eigenvalue weighted by molar-refractivity contribution is 5.75. The molecule has 2 N–H and O–H groups in total. The number of fused-ring (bicyclic) bond motifs is 1.